The van der Waals surface area contributed by atoms with Gasteiger partial charge in [-0.3, -0.25) is 4.79 Å². The standard InChI is InChI=1S/C18H15N3OS/c1-2-11-19-17(22)14-9-7-13(8-10-14)12-23-18-20-15-5-3-4-6-16(15)21-18/h1,3-10H,11-12H2,(H,19,22)(H,20,21). The summed E-state index contributed by atoms with van der Waals surface area (Å²) in [5.41, 5.74) is 3.74. The van der Waals surface area contributed by atoms with E-state index in [1.165, 1.54) is 0 Å². The Morgan fingerprint density at radius 2 is 2.00 bits per heavy atom. The molecule has 0 fully saturated rings. The zero-order chi connectivity index (χ0) is 16.1. The molecule has 3 aromatic rings. The molecule has 0 saturated carbocycles. The highest BCUT2D eigenvalue weighted by molar-refractivity contribution is 7.98. The van der Waals surface area contributed by atoms with Gasteiger partial charge in [-0.2, -0.15) is 0 Å². The monoisotopic (exact) mass is 321 g/mol. The second-order valence-electron chi connectivity index (χ2n) is 4.93. The van der Waals surface area contributed by atoms with Crippen molar-refractivity contribution in [3.05, 3.63) is 59.7 Å². The molecule has 5 heteroatoms. The van der Waals surface area contributed by atoms with Gasteiger partial charge in [0.05, 0.1) is 17.6 Å². The van der Waals surface area contributed by atoms with E-state index < -0.39 is 0 Å². The SMILES string of the molecule is C#CCNC(=O)c1ccc(CSc2nc3ccccc3[nH]2)cc1. The van der Waals surface area contributed by atoms with Crippen LogP contribution >= 0.6 is 11.8 Å². The lowest BCUT2D eigenvalue weighted by atomic mass is 10.1. The van der Waals surface area contributed by atoms with Crippen molar-refractivity contribution in [1.29, 1.82) is 0 Å². The fraction of sp³-hybridized carbons (Fsp3) is 0.111. The van der Waals surface area contributed by atoms with Gasteiger partial charge in [-0.15, -0.1) is 6.42 Å². The van der Waals surface area contributed by atoms with Crippen molar-refractivity contribution in [3.63, 3.8) is 0 Å². The second kappa shape index (κ2) is 7.03. The van der Waals surface area contributed by atoms with Gasteiger partial charge in [0.15, 0.2) is 5.16 Å². The van der Waals surface area contributed by atoms with Crippen LogP contribution < -0.4 is 5.32 Å². The Bertz CT molecular complexity index is 829. The normalized spacial score (nSPS) is 10.4. The fourth-order valence-electron chi connectivity index (χ4n) is 2.14. The highest BCUT2D eigenvalue weighted by atomic mass is 32.2. The van der Waals surface area contributed by atoms with Gasteiger partial charge in [-0.25, -0.2) is 4.98 Å². The summed E-state index contributed by atoms with van der Waals surface area (Å²) < 4.78 is 0. The van der Waals surface area contributed by atoms with E-state index in [0.29, 0.717) is 5.56 Å². The summed E-state index contributed by atoms with van der Waals surface area (Å²) in [6.45, 7) is 0.239. The van der Waals surface area contributed by atoms with Crippen LogP contribution in [-0.2, 0) is 5.75 Å². The van der Waals surface area contributed by atoms with Crippen LogP contribution in [-0.4, -0.2) is 22.4 Å². The topological polar surface area (TPSA) is 57.8 Å². The molecule has 1 amide bonds. The molecule has 0 bridgehead atoms. The number of imidazole rings is 1. The first-order chi connectivity index (χ1) is 11.3. The predicted octanol–water partition coefficient (Wildman–Crippen LogP) is 3.22. The van der Waals surface area contributed by atoms with Crippen molar-refractivity contribution in [1.82, 2.24) is 15.3 Å². The molecule has 0 unspecified atom stereocenters. The summed E-state index contributed by atoms with van der Waals surface area (Å²) in [7, 11) is 0. The number of hydrogen-bond acceptors (Lipinski definition) is 3. The maximum absolute atomic E-state index is 11.8. The predicted molar refractivity (Wildman–Crippen MR) is 93.3 cm³/mol. The van der Waals surface area contributed by atoms with E-state index >= 15 is 0 Å². The van der Waals surface area contributed by atoms with E-state index in [1.54, 1.807) is 23.9 Å². The van der Waals surface area contributed by atoms with Gasteiger partial charge in [-0.05, 0) is 29.8 Å². The smallest absolute Gasteiger partial charge is 0.252 e. The van der Waals surface area contributed by atoms with Crippen molar-refractivity contribution in [3.8, 4) is 12.3 Å². The molecule has 1 aromatic heterocycles. The quantitative estimate of drug-likeness (QED) is 0.560. The molecule has 2 N–H and O–H groups in total. The molecule has 0 aliphatic heterocycles. The van der Waals surface area contributed by atoms with Gasteiger partial charge < -0.3 is 10.3 Å². The molecule has 114 valence electrons. The lowest BCUT2D eigenvalue weighted by Gasteiger charge is -2.03. The Morgan fingerprint density at radius 3 is 2.74 bits per heavy atom. The number of thioether (sulfide) groups is 1. The van der Waals surface area contributed by atoms with Gasteiger partial charge in [-0.1, -0.05) is 41.9 Å². The van der Waals surface area contributed by atoms with Gasteiger partial charge in [0.1, 0.15) is 0 Å². The van der Waals surface area contributed by atoms with Crippen molar-refractivity contribution >= 4 is 28.7 Å². The molecular formula is C18H15N3OS. The van der Waals surface area contributed by atoms with Gasteiger partial charge in [0.2, 0.25) is 0 Å². The van der Waals surface area contributed by atoms with Crippen LogP contribution in [0.3, 0.4) is 0 Å². The second-order valence-corrected chi connectivity index (χ2v) is 5.90. The van der Waals surface area contributed by atoms with Crippen LogP contribution in [0.4, 0.5) is 0 Å². The molecule has 0 radical (unpaired) electrons. The fourth-order valence-corrected chi connectivity index (χ4v) is 2.98. The highest BCUT2D eigenvalue weighted by Crippen LogP contribution is 2.23. The van der Waals surface area contributed by atoms with Gasteiger partial charge in [0, 0.05) is 11.3 Å². The van der Waals surface area contributed by atoms with Crippen LogP contribution in [0.2, 0.25) is 0 Å². The van der Waals surface area contributed by atoms with Gasteiger partial charge >= 0.3 is 0 Å². The summed E-state index contributed by atoms with van der Waals surface area (Å²) in [6.07, 6.45) is 5.13. The lowest BCUT2D eigenvalue weighted by molar-refractivity contribution is 0.0958. The molecule has 2 aromatic carbocycles. The van der Waals surface area contributed by atoms with E-state index in [-0.39, 0.29) is 12.5 Å². The third-order valence-electron chi connectivity index (χ3n) is 3.31. The number of aromatic nitrogens is 2. The average molecular weight is 321 g/mol. The third kappa shape index (κ3) is 3.74. The number of fused-ring (bicyclic) bond motifs is 1. The first-order valence-electron chi connectivity index (χ1n) is 7.14. The summed E-state index contributed by atoms with van der Waals surface area (Å²) >= 11 is 1.63. The molecule has 4 nitrogen and oxygen atoms in total. The average Bonchev–Trinajstić information content (AvgIpc) is 3.01. The number of hydrogen-bond donors (Lipinski definition) is 2. The Morgan fingerprint density at radius 1 is 1.22 bits per heavy atom. The molecule has 0 aliphatic carbocycles. The highest BCUT2D eigenvalue weighted by Gasteiger charge is 2.06. The van der Waals surface area contributed by atoms with Crippen LogP contribution in [0.15, 0.2) is 53.7 Å². The van der Waals surface area contributed by atoms with Crippen LogP contribution in [0.25, 0.3) is 11.0 Å². The number of terminal acetylenes is 1. The summed E-state index contributed by atoms with van der Waals surface area (Å²) in [4.78, 5) is 19.6. The number of H-pyrrole nitrogens is 1. The number of carbonyl (C=O) groups is 1. The van der Waals surface area contributed by atoms with E-state index in [4.69, 9.17) is 6.42 Å². The third-order valence-corrected chi connectivity index (χ3v) is 4.25. The number of benzene rings is 2. The summed E-state index contributed by atoms with van der Waals surface area (Å²) in [5.74, 6) is 3.01. The number of nitrogens with one attached hydrogen (secondary N) is 2. The Hall–Kier alpha value is -2.71. The summed E-state index contributed by atoms with van der Waals surface area (Å²) in [5, 5.41) is 3.54. The van der Waals surface area contributed by atoms with E-state index in [9.17, 15) is 4.79 Å². The minimum atomic E-state index is -0.153. The van der Waals surface area contributed by atoms with Crippen molar-refractivity contribution in [2.75, 3.05) is 6.54 Å². The van der Waals surface area contributed by atoms with Crippen molar-refractivity contribution in [2.24, 2.45) is 0 Å². The zero-order valence-electron chi connectivity index (χ0n) is 12.4. The Balaban J connectivity index is 1.62. The number of para-hydroxylation sites is 2. The Labute approximate surface area is 138 Å². The number of aromatic amines is 1. The molecule has 1 heterocycles. The van der Waals surface area contributed by atoms with E-state index in [0.717, 1.165) is 27.5 Å². The molecule has 0 saturated heterocycles. The Kier molecular flexibility index (Phi) is 4.65. The minimum Gasteiger partial charge on any atom is -0.341 e. The largest absolute Gasteiger partial charge is 0.341 e. The lowest BCUT2D eigenvalue weighted by Crippen LogP contribution is -2.23. The molecule has 0 spiro atoms. The first kappa shape index (κ1) is 15.2. The maximum Gasteiger partial charge on any atom is 0.252 e. The van der Waals surface area contributed by atoms with Crippen molar-refractivity contribution < 1.29 is 4.79 Å². The van der Waals surface area contributed by atoms with Crippen LogP contribution in [0.1, 0.15) is 15.9 Å². The van der Waals surface area contributed by atoms with E-state index in [2.05, 4.69) is 21.2 Å². The van der Waals surface area contributed by atoms with E-state index in [1.807, 2.05) is 36.4 Å². The minimum absolute atomic E-state index is 0.153. The molecule has 23 heavy (non-hydrogen) atoms. The summed E-state index contributed by atoms with van der Waals surface area (Å²) in [6, 6.07) is 15.5. The van der Waals surface area contributed by atoms with Crippen molar-refractivity contribution in [2.45, 2.75) is 10.9 Å². The number of rotatable bonds is 5. The van der Waals surface area contributed by atoms with Crippen LogP contribution in [0.5, 0.6) is 0 Å². The number of amides is 1. The number of carbonyl (C=O) groups excluding carboxylic acids is 1. The molecular weight excluding hydrogens is 306 g/mol. The zero-order valence-corrected chi connectivity index (χ0v) is 13.2. The van der Waals surface area contributed by atoms with Crippen LogP contribution in [0, 0.1) is 12.3 Å². The maximum atomic E-state index is 11.8. The first-order valence-corrected chi connectivity index (χ1v) is 8.13. The molecule has 0 atom stereocenters. The molecule has 3 rings (SSSR count). The van der Waals surface area contributed by atoms with Gasteiger partial charge in [0.25, 0.3) is 5.91 Å². The molecule has 0 aliphatic rings. The number of nitrogens with zero attached hydrogens (tertiary/aromatic N) is 1.